The number of carbonyl (C=O) groups is 1. The Balaban J connectivity index is 1.39. The van der Waals surface area contributed by atoms with Gasteiger partial charge >= 0.3 is 0 Å². The van der Waals surface area contributed by atoms with Gasteiger partial charge in [-0.3, -0.25) is 4.79 Å². The molecule has 0 heterocycles. The first kappa shape index (κ1) is 21.6. The van der Waals surface area contributed by atoms with Gasteiger partial charge in [0.05, 0.1) is 17.8 Å². The Kier molecular flexibility index (Phi) is 6.82. The molecule has 4 rings (SSSR count). The summed E-state index contributed by atoms with van der Waals surface area (Å²) in [7, 11) is 1.56. The molecule has 1 N–H and O–H groups in total. The van der Waals surface area contributed by atoms with Crippen LogP contribution in [0, 0.1) is 0 Å². The molecular formula is C26H21BrN2O3. The second kappa shape index (κ2) is 10.1. The average Bonchev–Trinajstić information content (AvgIpc) is 2.83. The minimum atomic E-state index is -0.311. The molecular weight excluding hydrogens is 468 g/mol. The van der Waals surface area contributed by atoms with Crippen LogP contribution in [0.4, 0.5) is 0 Å². The van der Waals surface area contributed by atoms with Gasteiger partial charge < -0.3 is 9.47 Å². The summed E-state index contributed by atoms with van der Waals surface area (Å²) in [6, 6.07) is 27.0. The van der Waals surface area contributed by atoms with Crippen molar-refractivity contribution in [2.24, 2.45) is 5.10 Å². The highest BCUT2D eigenvalue weighted by atomic mass is 79.9. The lowest BCUT2D eigenvalue weighted by Gasteiger charge is -2.11. The third-order valence-electron chi connectivity index (χ3n) is 4.93. The Bertz CT molecular complexity index is 1280. The summed E-state index contributed by atoms with van der Waals surface area (Å²) in [4.78, 5) is 12.2. The van der Waals surface area contributed by atoms with Crippen molar-refractivity contribution >= 4 is 38.8 Å². The van der Waals surface area contributed by atoms with Crippen LogP contribution in [0.3, 0.4) is 0 Å². The van der Waals surface area contributed by atoms with Crippen LogP contribution in [-0.2, 0) is 6.61 Å². The van der Waals surface area contributed by atoms with E-state index in [4.69, 9.17) is 9.47 Å². The van der Waals surface area contributed by atoms with Gasteiger partial charge in [-0.1, -0.05) is 48.5 Å². The first-order valence-corrected chi connectivity index (χ1v) is 10.8. The van der Waals surface area contributed by atoms with Crippen molar-refractivity contribution in [3.63, 3.8) is 0 Å². The molecule has 32 heavy (non-hydrogen) atoms. The summed E-state index contributed by atoms with van der Waals surface area (Å²) in [5, 5.41) is 6.42. The number of nitrogens with one attached hydrogen (secondary N) is 1. The molecule has 0 bridgehead atoms. The van der Waals surface area contributed by atoms with Crippen LogP contribution in [0.15, 0.2) is 94.5 Å². The highest BCUT2D eigenvalue weighted by Crippen LogP contribution is 2.27. The van der Waals surface area contributed by atoms with Gasteiger partial charge in [-0.25, -0.2) is 5.43 Å². The zero-order valence-electron chi connectivity index (χ0n) is 17.4. The molecule has 0 aliphatic rings. The number of amides is 1. The van der Waals surface area contributed by atoms with Crippen molar-refractivity contribution < 1.29 is 14.3 Å². The van der Waals surface area contributed by atoms with E-state index < -0.39 is 0 Å². The monoisotopic (exact) mass is 488 g/mol. The maximum atomic E-state index is 12.2. The van der Waals surface area contributed by atoms with Crippen LogP contribution in [0.5, 0.6) is 11.5 Å². The van der Waals surface area contributed by atoms with Crippen LogP contribution >= 0.6 is 15.9 Å². The molecule has 0 atom stereocenters. The Morgan fingerprint density at radius 1 is 1.00 bits per heavy atom. The fourth-order valence-corrected chi connectivity index (χ4v) is 3.79. The van der Waals surface area contributed by atoms with Gasteiger partial charge in [0, 0.05) is 5.56 Å². The topological polar surface area (TPSA) is 59.9 Å². The second-order valence-corrected chi connectivity index (χ2v) is 7.90. The molecule has 0 fully saturated rings. The smallest absolute Gasteiger partial charge is 0.271 e. The van der Waals surface area contributed by atoms with E-state index in [2.05, 4.69) is 50.7 Å². The van der Waals surface area contributed by atoms with Crippen LogP contribution < -0.4 is 14.9 Å². The van der Waals surface area contributed by atoms with Crippen molar-refractivity contribution in [3.05, 3.63) is 106 Å². The van der Waals surface area contributed by atoms with Crippen LogP contribution in [0.1, 0.15) is 21.5 Å². The number of hydrogen-bond acceptors (Lipinski definition) is 4. The van der Waals surface area contributed by atoms with E-state index in [0.29, 0.717) is 17.9 Å². The first-order chi connectivity index (χ1) is 15.6. The summed E-state index contributed by atoms with van der Waals surface area (Å²) >= 11 is 3.56. The van der Waals surface area contributed by atoms with Gasteiger partial charge in [-0.05, 0) is 74.2 Å². The molecule has 4 aromatic carbocycles. The molecule has 0 aliphatic heterocycles. The lowest BCUT2D eigenvalue weighted by Crippen LogP contribution is -2.17. The minimum absolute atomic E-state index is 0.311. The third kappa shape index (κ3) is 5.15. The highest BCUT2D eigenvalue weighted by Gasteiger charge is 2.07. The number of benzene rings is 4. The van der Waals surface area contributed by atoms with Crippen molar-refractivity contribution in [2.45, 2.75) is 6.61 Å². The lowest BCUT2D eigenvalue weighted by atomic mass is 10.1. The first-order valence-electron chi connectivity index (χ1n) is 10.0. The normalized spacial score (nSPS) is 10.9. The van der Waals surface area contributed by atoms with Crippen molar-refractivity contribution in [2.75, 3.05) is 7.11 Å². The zero-order valence-corrected chi connectivity index (χ0v) is 19.0. The Labute approximate surface area is 194 Å². The van der Waals surface area contributed by atoms with Gasteiger partial charge in [0.1, 0.15) is 18.1 Å². The van der Waals surface area contributed by atoms with Gasteiger partial charge in [-0.15, -0.1) is 0 Å². The molecule has 0 aromatic heterocycles. The quantitative estimate of drug-likeness (QED) is 0.258. The van der Waals surface area contributed by atoms with E-state index in [9.17, 15) is 4.79 Å². The molecule has 0 saturated heterocycles. The summed E-state index contributed by atoms with van der Waals surface area (Å²) in [5.41, 5.74) is 4.94. The molecule has 0 spiro atoms. The number of methoxy groups -OCH3 is 1. The highest BCUT2D eigenvalue weighted by molar-refractivity contribution is 9.10. The summed E-state index contributed by atoms with van der Waals surface area (Å²) < 4.78 is 12.0. The number of hydrazone groups is 1. The van der Waals surface area contributed by atoms with E-state index in [1.54, 1.807) is 37.6 Å². The molecule has 0 radical (unpaired) electrons. The lowest BCUT2D eigenvalue weighted by molar-refractivity contribution is 0.0955. The predicted octanol–water partition coefficient (Wildman–Crippen LogP) is 5.95. The fraction of sp³-hybridized carbons (Fsp3) is 0.0769. The molecule has 160 valence electrons. The number of nitrogens with zero attached hydrogens (tertiary/aromatic N) is 1. The molecule has 0 saturated carbocycles. The van der Waals surface area contributed by atoms with Gasteiger partial charge in [-0.2, -0.15) is 5.10 Å². The maximum Gasteiger partial charge on any atom is 0.271 e. The number of fused-ring (bicyclic) bond motifs is 1. The SMILES string of the molecule is COc1cccc(C(=O)N/N=C/c2ccc(OCc3cccc4ccccc34)c(Br)c2)c1. The number of halogens is 1. The van der Waals surface area contributed by atoms with Crippen LogP contribution in [0.2, 0.25) is 0 Å². The van der Waals surface area contributed by atoms with E-state index in [0.717, 1.165) is 21.3 Å². The Hall–Kier alpha value is -3.64. The van der Waals surface area contributed by atoms with Crippen molar-refractivity contribution in [1.82, 2.24) is 5.43 Å². The van der Waals surface area contributed by atoms with Gasteiger partial charge in [0.2, 0.25) is 0 Å². The number of ether oxygens (including phenoxy) is 2. The van der Waals surface area contributed by atoms with E-state index in [1.807, 2.05) is 36.4 Å². The summed E-state index contributed by atoms with van der Waals surface area (Å²) in [6.07, 6.45) is 1.58. The number of carbonyl (C=O) groups excluding carboxylic acids is 1. The minimum Gasteiger partial charge on any atom is -0.497 e. The summed E-state index contributed by atoms with van der Waals surface area (Å²) in [6.45, 7) is 0.462. The molecule has 1 amide bonds. The Morgan fingerprint density at radius 2 is 1.81 bits per heavy atom. The molecule has 6 heteroatoms. The maximum absolute atomic E-state index is 12.2. The molecule has 4 aromatic rings. The van der Waals surface area contributed by atoms with E-state index >= 15 is 0 Å². The predicted molar refractivity (Wildman–Crippen MR) is 130 cm³/mol. The van der Waals surface area contributed by atoms with Crippen LogP contribution in [0.25, 0.3) is 10.8 Å². The standard InChI is InChI=1S/C26H21BrN2O3/c1-31-22-10-5-8-20(15-22)26(30)29-28-16-18-12-13-25(24(27)14-18)32-17-21-9-4-7-19-6-2-3-11-23(19)21/h2-16H,17H2,1H3,(H,29,30)/b28-16+. The van der Waals surface area contributed by atoms with E-state index in [1.165, 1.54) is 10.8 Å². The summed E-state index contributed by atoms with van der Waals surface area (Å²) in [5.74, 6) is 1.04. The molecule has 0 aliphatic carbocycles. The Morgan fingerprint density at radius 3 is 2.66 bits per heavy atom. The molecule has 0 unspecified atom stereocenters. The van der Waals surface area contributed by atoms with Crippen molar-refractivity contribution in [3.8, 4) is 11.5 Å². The number of rotatable bonds is 7. The van der Waals surface area contributed by atoms with Gasteiger partial charge in [0.25, 0.3) is 5.91 Å². The average molecular weight is 489 g/mol. The van der Waals surface area contributed by atoms with E-state index in [-0.39, 0.29) is 5.91 Å². The number of hydrogen-bond donors (Lipinski definition) is 1. The fourth-order valence-electron chi connectivity index (χ4n) is 3.28. The second-order valence-electron chi connectivity index (χ2n) is 7.05. The van der Waals surface area contributed by atoms with Crippen LogP contribution in [-0.4, -0.2) is 19.2 Å². The van der Waals surface area contributed by atoms with Gasteiger partial charge in [0.15, 0.2) is 0 Å². The zero-order chi connectivity index (χ0) is 22.3. The third-order valence-corrected chi connectivity index (χ3v) is 5.55. The largest absolute Gasteiger partial charge is 0.497 e. The molecule has 5 nitrogen and oxygen atoms in total. The van der Waals surface area contributed by atoms with Crippen molar-refractivity contribution in [1.29, 1.82) is 0 Å².